The zero-order valence-corrected chi connectivity index (χ0v) is 12.5. The molecule has 2 heterocycles. The fourth-order valence-electron chi connectivity index (χ4n) is 1.88. The van der Waals surface area contributed by atoms with Crippen LogP contribution in [0.4, 0.5) is 4.79 Å². The number of hydrogen-bond donors (Lipinski definition) is 1. The monoisotopic (exact) mass is 313 g/mol. The van der Waals surface area contributed by atoms with E-state index in [-0.39, 0.29) is 11.1 Å². The van der Waals surface area contributed by atoms with Crippen molar-refractivity contribution in [1.82, 2.24) is 5.32 Å². The Balaban J connectivity index is 1.66. The maximum atomic E-state index is 11.3. The fraction of sp³-hybridized carbons (Fsp3) is 0. The van der Waals surface area contributed by atoms with Crippen molar-refractivity contribution < 1.29 is 9.59 Å². The smallest absolute Gasteiger partial charge is 0.282 e. The predicted molar refractivity (Wildman–Crippen MR) is 89.2 cm³/mol. The normalized spacial score (nSPS) is 17.6. The molecule has 3 nitrogen and oxygen atoms in total. The average Bonchev–Trinajstić information content (AvgIpc) is 3.01. The molecule has 0 aliphatic carbocycles. The number of carbonyl (C=O) groups excluding carboxylic acids is 2. The van der Waals surface area contributed by atoms with E-state index in [0.29, 0.717) is 4.91 Å². The molecule has 0 saturated carbocycles. The molecule has 104 valence electrons. The van der Waals surface area contributed by atoms with Gasteiger partial charge in [-0.2, -0.15) is 0 Å². The lowest BCUT2D eigenvalue weighted by Crippen LogP contribution is -2.17. The van der Waals surface area contributed by atoms with Crippen LogP contribution in [0, 0.1) is 0 Å². The molecule has 21 heavy (non-hydrogen) atoms. The summed E-state index contributed by atoms with van der Waals surface area (Å²) in [5.41, 5.74) is 0. The Morgan fingerprint density at radius 2 is 1.90 bits per heavy atom. The van der Waals surface area contributed by atoms with E-state index in [0.717, 1.165) is 11.8 Å². The third-order valence-electron chi connectivity index (χ3n) is 2.82. The van der Waals surface area contributed by atoms with Gasteiger partial charge in [0.25, 0.3) is 11.1 Å². The van der Waals surface area contributed by atoms with Gasteiger partial charge in [-0.1, -0.05) is 36.4 Å². The number of thiophene rings is 1. The highest BCUT2D eigenvalue weighted by Crippen LogP contribution is 2.26. The number of thioether (sulfide) groups is 1. The summed E-state index contributed by atoms with van der Waals surface area (Å²) in [7, 11) is 0. The summed E-state index contributed by atoms with van der Waals surface area (Å²) in [5.74, 6) is -0.330. The van der Waals surface area contributed by atoms with Crippen LogP contribution in [0.15, 0.2) is 59.5 Å². The van der Waals surface area contributed by atoms with Crippen LogP contribution >= 0.6 is 23.1 Å². The molecule has 0 bridgehead atoms. The second kappa shape index (κ2) is 6.11. The van der Waals surface area contributed by atoms with Crippen molar-refractivity contribution in [3.8, 4) is 0 Å². The van der Waals surface area contributed by atoms with Gasteiger partial charge in [0.05, 0.1) is 4.91 Å². The Morgan fingerprint density at radius 3 is 2.67 bits per heavy atom. The van der Waals surface area contributed by atoms with Gasteiger partial charge in [0, 0.05) is 9.58 Å². The molecule has 1 aliphatic heterocycles. The molecule has 1 aliphatic rings. The summed E-state index contributed by atoms with van der Waals surface area (Å²) in [6.07, 6.45) is 9.17. The average molecular weight is 313 g/mol. The Morgan fingerprint density at radius 1 is 1.05 bits per heavy atom. The van der Waals surface area contributed by atoms with Crippen molar-refractivity contribution in [3.05, 3.63) is 64.4 Å². The first kappa shape index (κ1) is 13.9. The van der Waals surface area contributed by atoms with Gasteiger partial charge in [-0.25, -0.2) is 0 Å². The van der Waals surface area contributed by atoms with Gasteiger partial charge in [-0.05, 0) is 41.4 Å². The van der Waals surface area contributed by atoms with Crippen molar-refractivity contribution in [2.45, 2.75) is 0 Å². The Bertz CT molecular complexity index is 766. The van der Waals surface area contributed by atoms with Crippen molar-refractivity contribution >= 4 is 50.4 Å². The van der Waals surface area contributed by atoms with E-state index >= 15 is 0 Å². The second-order valence-corrected chi connectivity index (χ2v) is 6.44. The van der Waals surface area contributed by atoms with Crippen LogP contribution in [-0.2, 0) is 4.79 Å². The van der Waals surface area contributed by atoms with Gasteiger partial charge in [-0.3, -0.25) is 14.9 Å². The van der Waals surface area contributed by atoms with E-state index in [4.69, 9.17) is 0 Å². The van der Waals surface area contributed by atoms with Gasteiger partial charge >= 0.3 is 0 Å². The number of imide groups is 1. The molecular weight excluding hydrogens is 302 g/mol. The molecule has 1 N–H and O–H groups in total. The first-order valence-electron chi connectivity index (χ1n) is 6.29. The first-order chi connectivity index (χ1) is 10.2. The molecule has 0 radical (unpaired) electrons. The lowest BCUT2D eigenvalue weighted by Gasteiger charge is -1.84. The molecule has 1 aromatic heterocycles. The number of rotatable bonds is 3. The van der Waals surface area contributed by atoms with E-state index in [1.807, 2.05) is 30.4 Å². The highest BCUT2D eigenvalue weighted by atomic mass is 32.2. The molecule has 5 heteroatoms. The molecule has 0 spiro atoms. The van der Waals surface area contributed by atoms with Crippen LogP contribution in [0.2, 0.25) is 0 Å². The van der Waals surface area contributed by atoms with Gasteiger partial charge in [0.15, 0.2) is 0 Å². The molecular formula is C16H11NO2S2. The minimum atomic E-state index is -0.330. The Labute approximate surface area is 130 Å². The Hall–Kier alpha value is -2.11. The van der Waals surface area contributed by atoms with E-state index in [1.54, 1.807) is 23.5 Å². The van der Waals surface area contributed by atoms with Crippen LogP contribution in [0.3, 0.4) is 0 Å². The number of hydrogen-bond acceptors (Lipinski definition) is 4. The number of allylic oxidation sites excluding steroid dienone is 4. The lowest BCUT2D eigenvalue weighted by molar-refractivity contribution is -0.115. The van der Waals surface area contributed by atoms with Gasteiger partial charge in [0.1, 0.15) is 0 Å². The number of fused-ring (bicyclic) bond motifs is 1. The number of benzene rings is 1. The molecule has 0 unspecified atom stereocenters. The summed E-state index contributed by atoms with van der Waals surface area (Å²) in [5, 5.41) is 3.14. The Kier molecular flexibility index (Phi) is 4.03. The van der Waals surface area contributed by atoms with Crippen molar-refractivity contribution in [2.24, 2.45) is 0 Å². The topological polar surface area (TPSA) is 46.2 Å². The summed E-state index contributed by atoms with van der Waals surface area (Å²) in [6.45, 7) is 0. The maximum Gasteiger partial charge on any atom is 0.290 e. The van der Waals surface area contributed by atoms with Crippen molar-refractivity contribution in [2.75, 3.05) is 0 Å². The quantitative estimate of drug-likeness (QED) is 0.677. The minimum absolute atomic E-state index is 0.319. The highest BCUT2D eigenvalue weighted by molar-refractivity contribution is 8.18. The van der Waals surface area contributed by atoms with E-state index in [2.05, 4.69) is 23.5 Å². The zero-order chi connectivity index (χ0) is 14.7. The number of nitrogens with one attached hydrogen (secondary N) is 1. The molecule has 1 fully saturated rings. The van der Waals surface area contributed by atoms with Crippen LogP contribution < -0.4 is 5.32 Å². The number of carbonyl (C=O) groups is 2. The summed E-state index contributed by atoms with van der Waals surface area (Å²) >= 11 is 2.65. The summed E-state index contributed by atoms with van der Waals surface area (Å²) in [4.78, 5) is 23.9. The minimum Gasteiger partial charge on any atom is -0.282 e. The van der Waals surface area contributed by atoms with Crippen LogP contribution in [-0.4, -0.2) is 11.1 Å². The van der Waals surface area contributed by atoms with E-state index in [9.17, 15) is 9.59 Å². The first-order valence-corrected chi connectivity index (χ1v) is 7.92. The number of amides is 2. The van der Waals surface area contributed by atoms with Crippen molar-refractivity contribution in [3.63, 3.8) is 0 Å². The van der Waals surface area contributed by atoms with E-state index in [1.165, 1.54) is 15.0 Å². The second-order valence-electron chi connectivity index (χ2n) is 4.31. The summed E-state index contributed by atoms with van der Waals surface area (Å²) in [6, 6.07) is 10.4. The maximum absolute atomic E-state index is 11.3. The van der Waals surface area contributed by atoms with Crippen LogP contribution in [0.1, 0.15) is 4.88 Å². The standard InChI is InChI=1S/C16H11NO2S2/c18-15-14(21-16(19)17-15)9-3-1-2-7-12-10-11-6-4-5-8-13(11)20-12/h1-10H,(H,17,18,19). The van der Waals surface area contributed by atoms with Crippen LogP contribution in [0.5, 0.6) is 0 Å². The van der Waals surface area contributed by atoms with Crippen molar-refractivity contribution in [1.29, 1.82) is 0 Å². The zero-order valence-electron chi connectivity index (χ0n) is 10.9. The van der Waals surface area contributed by atoms with Gasteiger partial charge in [0.2, 0.25) is 0 Å². The van der Waals surface area contributed by atoms with Gasteiger partial charge < -0.3 is 0 Å². The molecule has 0 atom stereocenters. The molecule has 1 aromatic carbocycles. The van der Waals surface area contributed by atoms with Gasteiger partial charge in [-0.15, -0.1) is 11.3 Å². The third kappa shape index (κ3) is 3.32. The van der Waals surface area contributed by atoms with E-state index < -0.39 is 0 Å². The molecule has 3 rings (SSSR count). The largest absolute Gasteiger partial charge is 0.290 e. The lowest BCUT2D eigenvalue weighted by atomic mass is 10.2. The summed E-state index contributed by atoms with van der Waals surface area (Å²) < 4.78 is 1.26. The third-order valence-corrected chi connectivity index (χ3v) is 4.73. The molecule has 1 saturated heterocycles. The predicted octanol–water partition coefficient (Wildman–Crippen LogP) is 4.34. The molecule has 2 aromatic rings. The highest BCUT2D eigenvalue weighted by Gasteiger charge is 2.23. The SMILES string of the molecule is O=C1NC(=O)C(=CC=CC=Cc2cc3ccccc3s2)S1. The van der Waals surface area contributed by atoms with Crippen LogP contribution in [0.25, 0.3) is 16.2 Å². The molecule has 2 amide bonds. The fourth-order valence-corrected chi connectivity index (χ4v) is 3.49.